The SMILES string of the molecule is O=C(O)CCC#CCCC1C(OCc2ccc(-c3ccccc3)cc2)CC(=O)C1N1CCOCC1. The van der Waals surface area contributed by atoms with E-state index in [2.05, 4.69) is 53.1 Å². The van der Waals surface area contributed by atoms with Crippen molar-refractivity contribution in [3.63, 3.8) is 0 Å². The molecule has 0 radical (unpaired) electrons. The third-order valence-electron chi connectivity index (χ3n) is 6.77. The highest BCUT2D eigenvalue weighted by molar-refractivity contribution is 5.87. The monoisotopic (exact) mass is 475 g/mol. The van der Waals surface area contributed by atoms with E-state index >= 15 is 0 Å². The maximum Gasteiger partial charge on any atom is 0.304 e. The first kappa shape index (κ1) is 25.1. The standard InChI is InChI=1S/C29H33NO5/c31-26-20-27(35-21-22-12-14-24(15-13-22)23-8-4-3-5-9-23)25(10-6-1-2-7-11-28(32)33)29(26)30-16-18-34-19-17-30/h3-5,8-9,12-15,25,27,29H,6-7,10-11,16-21H2,(H,32,33). The van der Waals surface area contributed by atoms with Crippen molar-refractivity contribution in [2.75, 3.05) is 26.3 Å². The van der Waals surface area contributed by atoms with Crippen LogP contribution in [0.5, 0.6) is 0 Å². The number of nitrogens with zero attached hydrogens (tertiary/aromatic N) is 1. The average molecular weight is 476 g/mol. The van der Waals surface area contributed by atoms with Gasteiger partial charge in [0.2, 0.25) is 0 Å². The average Bonchev–Trinajstić information content (AvgIpc) is 3.20. The van der Waals surface area contributed by atoms with Crippen LogP contribution in [0.3, 0.4) is 0 Å². The summed E-state index contributed by atoms with van der Waals surface area (Å²) in [5.41, 5.74) is 3.43. The number of ketones is 1. The second-order valence-corrected chi connectivity index (χ2v) is 9.13. The summed E-state index contributed by atoms with van der Waals surface area (Å²) in [7, 11) is 0. The minimum absolute atomic E-state index is 0.0557. The number of ether oxygens (including phenoxy) is 2. The second-order valence-electron chi connectivity index (χ2n) is 9.13. The van der Waals surface area contributed by atoms with Crippen molar-refractivity contribution in [1.29, 1.82) is 0 Å². The van der Waals surface area contributed by atoms with Crippen LogP contribution in [-0.2, 0) is 25.7 Å². The minimum Gasteiger partial charge on any atom is -0.481 e. The molecule has 184 valence electrons. The van der Waals surface area contributed by atoms with Crippen molar-refractivity contribution in [2.45, 2.75) is 50.9 Å². The summed E-state index contributed by atoms with van der Waals surface area (Å²) in [4.78, 5) is 26.0. The molecule has 0 aromatic heterocycles. The molecule has 2 aliphatic rings. The first-order valence-electron chi connectivity index (χ1n) is 12.4. The number of carbonyl (C=O) groups excluding carboxylic acids is 1. The fourth-order valence-corrected chi connectivity index (χ4v) is 4.98. The van der Waals surface area contributed by atoms with Crippen molar-refractivity contribution >= 4 is 11.8 Å². The quantitative estimate of drug-likeness (QED) is 0.549. The van der Waals surface area contributed by atoms with Gasteiger partial charge in [-0.15, -0.1) is 11.8 Å². The molecule has 1 N–H and O–H groups in total. The van der Waals surface area contributed by atoms with Crippen LogP contribution >= 0.6 is 0 Å². The molecule has 6 nitrogen and oxygen atoms in total. The van der Waals surface area contributed by atoms with Gasteiger partial charge < -0.3 is 14.6 Å². The van der Waals surface area contributed by atoms with Crippen molar-refractivity contribution in [1.82, 2.24) is 4.90 Å². The zero-order valence-corrected chi connectivity index (χ0v) is 20.0. The highest BCUT2D eigenvalue weighted by atomic mass is 16.5. The predicted octanol–water partition coefficient (Wildman–Crippen LogP) is 4.18. The minimum atomic E-state index is -0.835. The van der Waals surface area contributed by atoms with Gasteiger partial charge in [0.15, 0.2) is 5.78 Å². The van der Waals surface area contributed by atoms with E-state index in [0.717, 1.165) is 30.6 Å². The van der Waals surface area contributed by atoms with Crippen molar-refractivity contribution in [3.8, 4) is 23.0 Å². The molecule has 2 fully saturated rings. The van der Waals surface area contributed by atoms with E-state index in [1.54, 1.807) is 0 Å². The Labute approximate surface area is 207 Å². The summed E-state index contributed by atoms with van der Waals surface area (Å²) in [6.07, 6.45) is 2.06. The van der Waals surface area contributed by atoms with E-state index in [-0.39, 0.29) is 30.3 Å². The van der Waals surface area contributed by atoms with Crippen molar-refractivity contribution in [3.05, 3.63) is 60.2 Å². The summed E-state index contributed by atoms with van der Waals surface area (Å²) in [5.74, 6) is 5.52. The lowest BCUT2D eigenvalue weighted by Crippen LogP contribution is -2.49. The molecule has 35 heavy (non-hydrogen) atoms. The van der Waals surface area contributed by atoms with Crippen LogP contribution in [0, 0.1) is 17.8 Å². The molecule has 1 saturated carbocycles. The summed E-state index contributed by atoms with van der Waals surface area (Å²) >= 11 is 0. The van der Waals surface area contributed by atoms with Gasteiger partial charge in [-0.05, 0) is 23.1 Å². The molecule has 2 aromatic carbocycles. The highest BCUT2D eigenvalue weighted by Crippen LogP contribution is 2.34. The van der Waals surface area contributed by atoms with Gasteiger partial charge in [0.25, 0.3) is 0 Å². The molecule has 0 amide bonds. The summed E-state index contributed by atoms with van der Waals surface area (Å²) < 4.78 is 11.8. The van der Waals surface area contributed by atoms with Gasteiger partial charge in [-0.25, -0.2) is 0 Å². The predicted molar refractivity (Wildman–Crippen MR) is 134 cm³/mol. The van der Waals surface area contributed by atoms with Crippen LogP contribution in [-0.4, -0.2) is 60.2 Å². The molecule has 3 unspecified atom stereocenters. The van der Waals surface area contributed by atoms with E-state index < -0.39 is 5.97 Å². The lowest BCUT2D eigenvalue weighted by Gasteiger charge is -2.35. The van der Waals surface area contributed by atoms with Gasteiger partial charge in [0, 0.05) is 38.3 Å². The Bertz CT molecular complexity index is 1030. The number of carboxylic acid groups (broad SMARTS) is 1. The van der Waals surface area contributed by atoms with Crippen LogP contribution < -0.4 is 0 Å². The van der Waals surface area contributed by atoms with Crippen molar-refractivity contribution < 1.29 is 24.2 Å². The van der Waals surface area contributed by atoms with Gasteiger partial charge in [-0.2, -0.15) is 0 Å². The Morgan fingerprint density at radius 3 is 2.40 bits per heavy atom. The molecule has 1 saturated heterocycles. The number of carboxylic acids is 1. The number of hydrogen-bond acceptors (Lipinski definition) is 5. The lowest BCUT2D eigenvalue weighted by molar-refractivity contribution is -0.136. The normalized spacial score (nSPS) is 22.5. The molecule has 4 rings (SSSR count). The van der Waals surface area contributed by atoms with Gasteiger partial charge in [-0.3, -0.25) is 14.5 Å². The lowest BCUT2D eigenvalue weighted by atomic mass is 9.94. The third-order valence-corrected chi connectivity index (χ3v) is 6.77. The maximum absolute atomic E-state index is 13.1. The molecule has 0 bridgehead atoms. The molecule has 6 heteroatoms. The van der Waals surface area contributed by atoms with E-state index in [1.165, 1.54) is 5.56 Å². The molecular weight excluding hydrogens is 442 g/mol. The Morgan fingerprint density at radius 2 is 1.69 bits per heavy atom. The molecule has 1 heterocycles. The molecule has 1 aliphatic heterocycles. The zero-order chi connectivity index (χ0) is 24.5. The van der Waals surface area contributed by atoms with E-state index in [4.69, 9.17) is 14.6 Å². The van der Waals surface area contributed by atoms with Crippen LogP contribution in [0.2, 0.25) is 0 Å². The van der Waals surface area contributed by atoms with E-state index in [1.807, 2.05) is 18.2 Å². The molecule has 2 aromatic rings. The number of Topliss-reactive ketones (excluding diaryl/α,β-unsaturated/α-hetero) is 1. The van der Waals surface area contributed by atoms with Gasteiger partial charge in [0.05, 0.1) is 38.4 Å². The Morgan fingerprint density at radius 1 is 1.00 bits per heavy atom. The van der Waals surface area contributed by atoms with Gasteiger partial charge in [0.1, 0.15) is 0 Å². The van der Waals surface area contributed by atoms with Gasteiger partial charge >= 0.3 is 5.97 Å². The van der Waals surface area contributed by atoms with Crippen LogP contribution in [0.1, 0.15) is 37.7 Å². The number of rotatable bonds is 9. The molecular formula is C29H33NO5. The smallest absolute Gasteiger partial charge is 0.304 e. The number of aliphatic carboxylic acids is 1. The largest absolute Gasteiger partial charge is 0.481 e. The van der Waals surface area contributed by atoms with Crippen LogP contribution in [0.4, 0.5) is 0 Å². The Hall–Kier alpha value is -2.98. The topological polar surface area (TPSA) is 76.1 Å². The van der Waals surface area contributed by atoms with Crippen molar-refractivity contribution in [2.24, 2.45) is 5.92 Å². The summed E-state index contributed by atoms with van der Waals surface area (Å²) in [6.45, 7) is 3.26. The van der Waals surface area contributed by atoms with Crippen LogP contribution in [0.15, 0.2) is 54.6 Å². The molecule has 1 aliphatic carbocycles. The highest BCUT2D eigenvalue weighted by Gasteiger charge is 2.45. The van der Waals surface area contributed by atoms with Gasteiger partial charge in [-0.1, -0.05) is 54.6 Å². The number of morpholine rings is 1. The summed E-state index contributed by atoms with van der Waals surface area (Å²) in [6, 6.07) is 18.5. The zero-order valence-electron chi connectivity index (χ0n) is 20.0. The second kappa shape index (κ2) is 12.6. The Balaban J connectivity index is 1.39. The number of carbonyl (C=O) groups is 2. The maximum atomic E-state index is 13.1. The number of hydrogen-bond donors (Lipinski definition) is 1. The van der Waals surface area contributed by atoms with E-state index in [9.17, 15) is 9.59 Å². The number of benzene rings is 2. The van der Waals surface area contributed by atoms with E-state index in [0.29, 0.717) is 39.1 Å². The fraction of sp³-hybridized carbons (Fsp3) is 0.448. The third kappa shape index (κ3) is 7.02. The van der Waals surface area contributed by atoms with Crippen LogP contribution in [0.25, 0.3) is 11.1 Å². The summed E-state index contributed by atoms with van der Waals surface area (Å²) in [5, 5.41) is 8.77. The fourth-order valence-electron chi connectivity index (χ4n) is 4.98. The Kier molecular flexibility index (Phi) is 9.08. The molecule has 3 atom stereocenters. The first-order chi connectivity index (χ1) is 17.1. The molecule has 0 spiro atoms. The first-order valence-corrected chi connectivity index (χ1v) is 12.4.